The molecule has 0 aromatic carbocycles. The quantitative estimate of drug-likeness (QED) is 0.454. The Kier molecular flexibility index (Phi) is 4.43. The zero-order chi connectivity index (χ0) is 11.4. The van der Waals surface area contributed by atoms with Gasteiger partial charge in [0.05, 0.1) is 6.61 Å². The van der Waals surface area contributed by atoms with Crippen LogP contribution in [0.15, 0.2) is 0 Å². The molecule has 0 aliphatic rings. The first-order valence-corrected chi connectivity index (χ1v) is 4.31. The minimum Gasteiger partial charge on any atom is -0.393 e. The molecule has 5 nitrogen and oxygen atoms in total. The van der Waals surface area contributed by atoms with E-state index < -0.39 is 24.0 Å². The van der Waals surface area contributed by atoms with E-state index in [-0.39, 0.29) is 5.91 Å². The van der Waals surface area contributed by atoms with Gasteiger partial charge in [0.1, 0.15) is 6.72 Å². The van der Waals surface area contributed by atoms with Crippen LogP contribution in [0, 0.1) is 5.41 Å². The van der Waals surface area contributed by atoms with Crippen molar-refractivity contribution in [3.63, 3.8) is 0 Å². The predicted octanol–water partition coefficient (Wildman–Crippen LogP) is -2.18. The van der Waals surface area contributed by atoms with Crippen LogP contribution in [0.25, 0.3) is 0 Å². The summed E-state index contributed by atoms with van der Waals surface area (Å²) < 4.78 is 0. The van der Waals surface area contributed by atoms with Gasteiger partial charge in [0.2, 0.25) is 5.91 Å². The molecule has 2 amide bonds. The summed E-state index contributed by atoms with van der Waals surface area (Å²) in [7, 11) is 0. The van der Waals surface area contributed by atoms with Crippen molar-refractivity contribution in [1.29, 1.82) is 0 Å². The van der Waals surface area contributed by atoms with Gasteiger partial charge in [-0.15, -0.1) is 0 Å². The van der Waals surface area contributed by atoms with Crippen molar-refractivity contribution in [2.45, 2.75) is 26.8 Å². The van der Waals surface area contributed by atoms with Crippen LogP contribution in [0.4, 0.5) is 0 Å². The van der Waals surface area contributed by atoms with Gasteiger partial charge in [-0.25, -0.2) is 4.79 Å². The van der Waals surface area contributed by atoms with Gasteiger partial charge >= 0.3 is 5.91 Å². The smallest absolute Gasteiger partial charge is 0.393 e. The molecule has 0 aromatic rings. The average Bonchev–Trinajstić information content (AvgIpc) is 2.10. The summed E-state index contributed by atoms with van der Waals surface area (Å²) in [5.41, 5.74) is -0.588. The molecule has 0 heterocycles. The van der Waals surface area contributed by atoms with Crippen LogP contribution in [0.3, 0.4) is 0 Å². The summed E-state index contributed by atoms with van der Waals surface area (Å²) in [5, 5.41) is 11.3. The number of rotatable bonds is 3. The largest absolute Gasteiger partial charge is 0.409 e. The van der Waals surface area contributed by atoms with E-state index in [4.69, 9.17) is 5.11 Å². The molecule has 0 aliphatic carbocycles. The molecule has 1 atom stereocenters. The van der Waals surface area contributed by atoms with Crippen LogP contribution in [-0.2, 0) is 9.59 Å². The summed E-state index contributed by atoms with van der Waals surface area (Å²) in [6.07, 6.45) is 0. The Morgan fingerprint density at radius 3 is 2.29 bits per heavy atom. The van der Waals surface area contributed by atoms with E-state index in [2.05, 4.69) is 17.0 Å². The zero-order valence-corrected chi connectivity index (χ0v) is 8.76. The van der Waals surface area contributed by atoms with E-state index in [0.717, 1.165) is 0 Å². The fourth-order valence-electron chi connectivity index (χ4n) is 0.692. The van der Waals surface area contributed by atoms with Crippen molar-refractivity contribution in [3.05, 3.63) is 0 Å². The number of aliphatic hydroxyl groups is 1. The molecular weight excluding hydrogens is 184 g/mol. The van der Waals surface area contributed by atoms with Gasteiger partial charge < -0.3 is 10.4 Å². The Balaban J connectivity index is 4.41. The number of hydrogen-bond acceptors (Lipinski definition) is 3. The van der Waals surface area contributed by atoms with Crippen LogP contribution in [0.1, 0.15) is 20.8 Å². The number of carbonyl (C=O) groups is 2. The van der Waals surface area contributed by atoms with Crippen LogP contribution >= 0.6 is 0 Å². The Labute approximate surface area is 83.2 Å². The van der Waals surface area contributed by atoms with Crippen LogP contribution < -0.4 is 10.3 Å². The first-order chi connectivity index (χ1) is 6.32. The van der Waals surface area contributed by atoms with Crippen LogP contribution in [0.5, 0.6) is 0 Å². The minimum atomic E-state index is -0.931. The Bertz CT molecular complexity index is 243. The maximum Gasteiger partial charge on any atom is 0.409 e. The molecule has 0 aromatic heterocycles. The highest BCUT2D eigenvalue weighted by molar-refractivity contribution is 5.86. The van der Waals surface area contributed by atoms with Crippen LogP contribution in [-0.4, -0.2) is 36.3 Å². The molecule has 0 rings (SSSR count). The highest BCUT2D eigenvalue weighted by Gasteiger charge is 2.29. The highest BCUT2D eigenvalue weighted by atomic mass is 16.3. The molecule has 5 heteroatoms. The fourth-order valence-corrected chi connectivity index (χ4v) is 0.692. The zero-order valence-electron chi connectivity index (χ0n) is 8.76. The van der Waals surface area contributed by atoms with Gasteiger partial charge in [-0.3, -0.25) is 4.79 Å². The molecule has 0 aliphatic heterocycles. The van der Waals surface area contributed by atoms with E-state index in [9.17, 15) is 9.59 Å². The molecule has 0 bridgehead atoms. The molecule has 3 N–H and O–H groups in total. The lowest BCUT2D eigenvalue weighted by atomic mass is 9.95. The topological polar surface area (TPSA) is 80.4 Å². The maximum atomic E-state index is 11.4. The molecule has 14 heavy (non-hydrogen) atoms. The maximum absolute atomic E-state index is 11.4. The minimum absolute atomic E-state index is 0.292. The van der Waals surface area contributed by atoms with Gasteiger partial charge in [0.15, 0.2) is 6.04 Å². The van der Waals surface area contributed by atoms with E-state index in [1.54, 1.807) is 20.8 Å². The third-order valence-electron chi connectivity index (χ3n) is 1.66. The summed E-state index contributed by atoms with van der Waals surface area (Å²) in [6.45, 7) is 7.88. The molecule has 0 radical (unpaired) electrons. The second kappa shape index (κ2) is 4.85. The average molecular weight is 201 g/mol. The second-order valence-electron chi connectivity index (χ2n) is 4.00. The second-order valence-corrected chi connectivity index (χ2v) is 4.00. The molecule has 0 spiro atoms. The monoisotopic (exact) mass is 201 g/mol. The van der Waals surface area contributed by atoms with Gasteiger partial charge in [-0.1, -0.05) is 20.8 Å². The lowest BCUT2D eigenvalue weighted by Gasteiger charge is -2.19. The number of aliphatic hydroxyl groups excluding tert-OH is 1. The van der Waals surface area contributed by atoms with Crippen molar-refractivity contribution < 1.29 is 19.7 Å². The Morgan fingerprint density at radius 2 is 2.00 bits per heavy atom. The third-order valence-corrected chi connectivity index (χ3v) is 1.66. The predicted molar refractivity (Wildman–Crippen MR) is 51.6 cm³/mol. The van der Waals surface area contributed by atoms with Gasteiger partial charge in [0.25, 0.3) is 0 Å². The molecule has 0 fully saturated rings. The van der Waals surface area contributed by atoms with Crippen molar-refractivity contribution in [2.24, 2.45) is 5.41 Å². The molecule has 80 valence electrons. The molecule has 1 unspecified atom stereocenters. The summed E-state index contributed by atoms with van der Waals surface area (Å²) in [5.74, 6) is -0.801. The number of hydrogen-bond donors (Lipinski definition) is 3. The number of amides is 2. The molecule has 0 saturated carbocycles. The van der Waals surface area contributed by atoms with E-state index in [1.807, 2.05) is 0 Å². The van der Waals surface area contributed by atoms with Crippen LogP contribution in [0.2, 0.25) is 0 Å². The Hall–Kier alpha value is -1.23. The number of carbonyl (C=O) groups excluding carboxylic acids is 2. The summed E-state index contributed by atoms with van der Waals surface area (Å²) >= 11 is 0. The first kappa shape index (κ1) is 12.8. The van der Waals surface area contributed by atoms with E-state index >= 15 is 0 Å². The van der Waals surface area contributed by atoms with E-state index in [1.165, 1.54) is 0 Å². The van der Waals surface area contributed by atoms with E-state index in [0.29, 0.717) is 0 Å². The standard InChI is InChI=1S/C9H16N2O3/c1-9(2,3)8(14)11-6(5-12)7(13)10-4/h6,12H,4-5H2,1-3H3,(H,11,14)/p+1. The van der Waals surface area contributed by atoms with Gasteiger partial charge in [0, 0.05) is 5.41 Å². The normalized spacial score (nSPS) is 13.1. The lowest BCUT2D eigenvalue weighted by Crippen LogP contribution is -2.77. The van der Waals surface area contributed by atoms with Gasteiger partial charge in [-0.05, 0) is 0 Å². The lowest BCUT2D eigenvalue weighted by molar-refractivity contribution is -0.371. The summed E-state index contributed by atoms with van der Waals surface area (Å²) in [4.78, 5) is 24.6. The fraction of sp³-hybridized carbons (Fsp3) is 0.667. The Morgan fingerprint density at radius 1 is 1.50 bits per heavy atom. The van der Waals surface area contributed by atoms with Gasteiger partial charge in [-0.2, -0.15) is 4.99 Å². The SMILES string of the molecule is C=[NH+]C(=O)C(CO)NC(=O)C(C)(C)C. The summed E-state index contributed by atoms with van der Waals surface area (Å²) in [6, 6.07) is -0.931. The van der Waals surface area contributed by atoms with Crippen molar-refractivity contribution in [1.82, 2.24) is 5.32 Å². The number of nitrogens with one attached hydrogen (secondary N) is 2. The third kappa shape index (κ3) is 3.66. The van der Waals surface area contributed by atoms with Crippen molar-refractivity contribution in [2.75, 3.05) is 6.61 Å². The first-order valence-electron chi connectivity index (χ1n) is 4.31. The highest BCUT2D eigenvalue weighted by Crippen LogP contribution is 2.12. The molecule has 0 saturated heterocycles. The van der Waals surface area contributed by atoms with Crippen molar-refractivity contribution >= 4 is 18.5 Å². The molecular formula is C9H17N2O3+. The van der Waals surface area contributed by atoms with Crippen molar-refractivity contribution in [3.8, 4) is 0 Å².